The number of hydrogen-bond acceptors (Lipinski definition) is 2. The molecule has 1 heterocycles. The van der Waals surface area contributed by atoms with E-state index >= 15 is 0 Å². The average Bonchev–Trinajstić information content (AvgIpc) is 2.40. The number of nitrogens with zero attached hydrogens (tertiary/aromatic N) is 1. The first-order valence-electron chi connectivity index (χ1n) is 6.20. The zero-order valence-corrected chi connectivity index (χ0v) is 11.2. The molecular weight excluding hydrogens is 244 g/mol. The minimum Gasteiger partial charge on any atom is -0.313 e. The largest absolute Gasteiger partial charge is 0.313 e. The van der Waals surface area contributed by atoms with Gasteiger partial charge in [0.15, 0.2) is 0 Å². The molecule has 0 radical (unpaired) electrons. The first kappa shape index (κ1) is 13.1. The zero-order chi connectivity index (χ0) is 12.8. The van der Waals surface area contributed by atoms with Gasteiger partial charge < -0.3 is 5.32 Å². The van der Waals surface area contributed by atoms with Crippen LogP contribution in [-0.2, 0) is 6.54 Å². The van der Waals surface area contributed by atoms with Crippen molar-refractivity contribution in [2.45, 2.75) is 19.9 Å². The third-order valence-electron chi connectivity index (χ3n) is 2.73. The number of hydrogen-bond donors (Lipinski definition) is 1. The van der Waals surface area contributed by atoms with Crippen LogP contribution in [0.1, 0.15) is 18.9 Å². The van der Waals surface area contributed by atoms with Crippen LogP contribution in [0.2, 0.25) is 5.02 Å². The molecule has 0 unspecified atom stereocenters. The lowest BCUT2D eigenvalue weighted by Crippen LogP contribution is -2.13. The zero-order valence-electron chi connectivity index (χ0n) is 10.5. The number of benzene rings is 1. The van der Waals surface area contributed by atoms with Gasteiger partial charge in [-0.3, -0.25) is 4.98 Å². The van der Waals surface area contributed by atoms with E-state index in [1.54, 1.807) is 0 Å². The van der Waals surface area contributed by atoms with Gasteiger partial charge in [-0.05, 0) is 42.3 Å². The molecule has 0 saturated heterocycles. The molecule has 1 aromatic carbocycles. The topological polar surface area (TPSA) is 24.9 Å². The Morgan fingerprint density at radius 1 is 1.11 bits per heavy atom. The maximum Gasteiger partial charge on any atom is 0.0406 e. The van der Waals surface area contributed by atoms with E-state index in [9.17, 15) is 0 Å². The van der Waals surface area contributed by atoms with Gasteiger partial charge in [0.2, 0.25) is 0 Å². The summed E-state index contributed by atoms with van der Waals surface area (Å²) in [6.45, 7) is 4.06. The average molecular weight is 261 g/mol. The van der Waals surface area contributed by atoms with E-state index in [1.165, 1.54) is 5.56 Å². The molecule has 2 aromatic rings. The molecular formula is C15H17ClN2. The van der Waals surface area contributed by atoms with Crippen LogP contribution in [0.4, 0.5) is 0 Å². The highest BCUT2D eigenvalue weighted by Gasteiger charge is 2.00. The molecule has 18 heavy (non-hydrogen) atoms. The summed E-state index contributed by atoms with van der Waals surface area (Å²) in [7, 11) is 0. The Morgan fingerprint density at radius 3 is 2.61 bits per heavy atom. The summed E-state index contributed by atoms with van der Waals surface area (Å²) < 4.78 is 0. The van der Waals surface area contributed by atoms with Crippen molar-refractivity contribution >= 4 is 11.6 Å². The Hall–Kier alpha value is -1.38. The smallest absolute Gasteiger partial charge is 0.0406 e. The van der Waals surface area contributed by atoms with Gasteiger partial charge in [-0.25, -0.2) is 0 Å². The Bertz CT molecular complexity index is 494. The van der Waals surface area contributed by atoms with Gasteiger partial charge in [-0.2, -0.15) is 0 Å². The fraction of sp³-hybridized carbons (Fsp3) is 0.267. The second-order valence-electron chi connectivity index (χ2n) is 4.27. The van der Waals surface area contributed by atoms with Gasteiger partial charge in [-0.15, -0.1) is 0 Å². The predicted octanol–water partition coefficient (Wildman–Crippen LogP) is 3.90. The lowest BCUT2D eigenvalue weighted by atomic mass is 10.1. The first-order valence-corrected chi connectivity index (χ1v) is 6.58. The van der Waals surface area contributed by atoms with Crippen LogP contribution in [0, 0.1) is 0 Å². The van der Waals surface area contributed by atoms with Gasteiger partial charge in [0.1, 0.15) is 0 Å². The highest BCUT2D eigenvalue weighted by molar-refractivity contribution is 6.30. The minimum absolute atomic E-state index is 0.757. The Balaban J connectivity index is 2.13. The molecule has 0 aliphatic rings. The number of nitrogens with one attached hydrogen (secondary N) is 1. The number of aromatic nitrogens is 1. The third kappa shape index (κ3) is 3.56. The van der Waals surface area contributed by atoms with E-state index < -0.39 is 0 Å². The van der Waals surface area contributed by atoms with Crippen molar-refractivity contribution in [3.63, 3.8) is 0 Å². The molecule has 3 heteroatoms. The van der Waals surface area contributed by atoms with Gasteiger partial charge in [0.25, 0.3) is 0 Å². The fourth-order valence-electron chi connectivity index (χ4n) is 1.79. The van der Waals surface area contributed by atoms with E-state index in [-0.39, 0.29) is 0 Å². The van der Waals surface area contributed by atoms with Crippen LogP contribution in [0.5, 0.6) is 0 Å². The van der Waals surface area contributed by atoms with Crippen LogP contribution in [0.3, 0.4) is 0 Å². The lowest BCUT2D eigenvalue weighted by molar-refractivity contribution is 0.674. The van der Waals surface area contributed by atoms with Crippen LogP contribution in [0.25, 0.3) is 11.1 Å². The predicted molar refractivity (Wildman–Crippen MR) is 76.7 cm³/mol. The molecule has 0 amide bonds. The molecule has 0 aliphatic heterocycles. The molecule has 0 saturated carbocycles. The van der Waals surface area contributed by atoms with Crippen molar-refractivity contribution in [3.8, 4) is 11.1 Å². The Labute approximate surface area is 113 Å². The van der Waals surface area contributed by atoms with Crippen LogP contribution in [-0.4, -0.2) is 11.5 Å². The third-order valence-corrected chi connectivity index (χ3v) is 2.98. The molecule has 2 nitrogen and oxygen atoms in total. The number of halogens is 1. The van der Waals surface area contributed by atoms with Crippen LogP contribution in [0.15, 0.2) is 42.7 Å². The van der Waals surface area contributed by atoms with E-state index in [0.29, 0.717) is 0 Å². The Kier molecular flexibility index (Phi) is 4.73. The molecule has 1 aromatic heterocycles. The van der Waals surface area contributed by atoms with Gasteiger partial charge in [0.05, 0.1) is 0 Å². The molecule has 0 aliphatic carbocycles. The fourth-order valence-corrected chi connectivity index (χ4v) is 1.92. The van der Waals surface area contributed by atoms with Crippen molar-refractivity contribution in [1.29, 1.82) is 0 Å². The summed E-state index contributed by atoms with van der Waals surface area (Å²) in [4.78, 5) is 4.29. The van der Waals surface area contributed by atoms with Crippen LogP contribution < -0.4 is 5.32 Å². The maximum atomic E-state index is 5.89. The summed E-state index contributed by atoms with van der Waals surface area (Å²) >= 11 is 5.89. The SMILES string of the molecule is CCCNCc1cncc(-c2ccc(Cl)cc2)c1. The summed E-state index contributed by atoms with van der Waals surface area (Å²) in [6.07, 6.45) is 4.93. The number of rotatable bonds is 5. The van der Waals surface area contributed by atoms with Gasteiger partial charge >= 0.3 is 0 Å². The van der Waals surface area contributed by atoms with E-state index in [4.69, 9.17) is 11.6 Å². The highest BCUT2D eigenvalue weighted by Crippen LogP contribution is 2.21. The van der Waals surface area contributed by atoms with E-state index in [2.05, 4.69) is 23.3 Å². The summed E-state index contributed by atoms with van der Waals surface area (Å²) in [5.74, 6) is 0. The monoisotopic (exact) mass is 260 g/mol. The van der Waals surface area contributed by atoms with Crippen molar-refractivity contribution in [1.82, 2.24) is 10.3 Å². The molecule has 0 spiro atoms. The summed E-state index contributed by atoms with van der Waals surface area (Å²) in [6, 6.07) is 10.0. The van der Waals surface area contributed by atoms with Crippen molar-refractivity contribution in [3.05, 3.63) is 53.3 Å². The number of pyridine rings is 1. The Morgan fingerprint density at radius 2 is 1.89 bits per heavy atom. The molecule has 94 valence electrons. The van der Waals surface area contributed by atoms with Crippen molar-refractivity contribution in [2.75, 3.05) is 6.54 Å². The molecule has 0 bridgehead atoms. The van der Waals surface area contributed by atoms with E-state index in [0.717, 1.165) is 35.7 Å². The highest BCUT2D eigenvalue weighted by atomic mass is 35.5. The maximum absolute atomic E-state index is 5.89. The summed E-state index contributed by atoms with van der Waals surface area (Å²) in [5.41, 5.74) is 3.47. The van der Waals surface area contributed by atoms with Crippen molar-refractivity contribution in [2.24, 2.45) is 0 Å². The normalized spacial score (nSPS) is 10.6. The standard InChI is InChI=1S/C15H17ClN2/c1-2-7-17-9-12-8-14(11-18-10-12)13-3-5-15(16)6-4-13/h3-6,8,10-11,17H,2,7,9H2,1H3. The second-order valence-corrected chi connectivity index (χ2v) is 4.70. The summed E-state index contributed by atoms with van der Waals surface area (Å²) in [5, 5.41) is 4.13. The lowest BCUT2D eigenvalue weighted by Gasteiger charge is -2.06. The second kappa shape index (κ2) is 6.53. The van der Waals surface area contributed by atoms with Crippen molar-refractivity contribution < 1.29 is 0 Å². The molecule has 0 fully saturated rings. The molecule has 1 N–H and O–H groups in total. The van der Waals surface area contributed by atoms with Gasteiger partial charge in [0, 0.05) is 29.5 Å². The van der Waals surface area contributed by atoms with E-state index in [1.807, 2.05) is 36.7 Å². The van der Waals surface area contributed by atoms with Crippen LogP contribution >= 0.6 is 11.6 Å². The molecule has 2 rings (SSSR count). The quantitative estimate of drug-likeness (QED) is 0.825. The molecule has 0 atom stereocenters. The van der Waals surface area contributed by atoms with Gasteiger partial charge in [-0.1, -0.05) is 30.7 Å². The minimum atomic E-state index is 0.757. The first-order chi connectivity index (χ1) is 8.79.